The number of amides is 1. The maximum atomic E-state index is 12.2. The molecule has 8 nitrogen and oxygen atoms in total. The summed E-state index contributed by atoms with van der Waals surface area (Å²) in [6, 6.07) is 22.1. The van der Waals surface area contributed by atoms with E-state index in [0.29, 0.717) is 17.2 Å². The van der Waals surface area contributed by atoms with Gasteiger partial charge < -0.3 is 14.8 Å². The first-order valence-corrected chi connectivity index (χ1v) is 9.26. The van der Waals surface area contributed by atoms with E-state index in [4.69, 9.17) is 9.47 Å². The average molecular weight is 401 g/mol. The number of carbonyl (C=O) groups is 1. The number of hydrogen-bond donors (Lipinski definition) is 1. The summed E-state index contributed by atoms with van der Waals surface area (Å²) in [5.41, 5.74) is 2.54. The Morgan fingerprint density at radius 2 is 1.67 bits per heavy atom. The topological polar surface area (TPSA) is 91.2 Å². The van der Waals surface area contributed by atoms with Gasteiger partial charge in [-0.15, -0.1) is 5.10 Å². The van der Waals surface area contributed by atoms with Crippen molar-refractivity contribution < 1.29 is 14.3 Å². The molecule has 4 rings (SSSR count). The lowest BCUT2D eigenvalue weighted by Crippen LogP contribution is -2.20. The zero-order chi connectivity index (χ0) is 20.8. The SMILES string of the molecule is Cc1ccc(Oc2ccc(OCC(=O)Nc3cccc(-n4cnnn4)c3)cc2)cc1. The van der Waals surface area contributed by atoms with E-state index in [1.807, 2.05) is 37.3 Å². The van der Waals surface area contributed by atoms with E-state index < -0.39 is 0 Å². The summed E-state index contributed by atoms with van der Waals surface area (Å²) in [5, 5.41) is 13.8. The molecule has 0 atom stereocenters. The van der Waals surface area contributed by atoms with Crippen LogP contribution in [0.3, 0.4) is 0 Å². The van der Waals surface area contributed by atoms with E-state index >= 15 is 0 Å². The van der Waals surface area contributed by atoms with Crippen molar-refractivity contribution in [2.75, 3.05) is 11.9 Å². The van der Waals surface area contributed by atoms with Gasteiger partial charge in [0.1, 0.15) is 23.6 Å². The minimum atomic E-state index is -0.274. The van der Waals surface area contributed by atoms with E-state index in [9.17, 15) is 4.79 Å². The molecule has 0 radical (unpaired) electrons. The van der Waals surface area contributed by atoms with Crippen molar-refractivity contribution in [3.05, 3.63) is 84.7 Å². The van der Waals surface area contributed by atoms with Crippen LogP contribution in [0.1, 0.15) is 5.56 Å². The van der Waals surface area contributed by atoms with Gasteiger partial charge >= 0.3 is 0 Å². The van der Waals surface area contributed by atoms with Gasteiger partial charge in [0.25, 0.3) is 5.91 Å². The molecule has 0 bridgehead atoms. The average Bonchev–Trinajstić information content (AvgIpc) is 3.30. The van der Waals surface area contributed by atoms with Crippen molar-refractivity contribution in [1.29, 1.82) is 0 Å². The first-order valence-electron chi connectivity index (χ1n) is 9.26. The van der Waals surface area contributed by atoms with Gasteiger partial charge in [0.15, 0.2) is 6.61 Å². The van der Waals surface area contributed by atoms with Crippen LogP contribution in [0.5, 0.6) is 17.2 Å². The standard InChI is InChI=1S/C22H19N5O3/c1-16-5-7-20(8-6-16)30-21-11-9-19(10-12-21)29-14-22(28)24-17-3-2-4-18(13-17)27-15-23-25-26-27/h2-13,15H,14H2,1H3,(H,24,28). The molecule has 0 aliphatic heterocycles. The molecule has 150 valence electrons. The van der Waals surface area contributed by atoms with Gasteiger partial charge in [0, 0.05) is 5.69 Å². The quantitative estimate of drug-likeness (QED) is 0.507. The second-order valence-electron chi connectivity index (χ2n) is 6.53. The summed E-state index contributed by atoms with van der Waals surface area (Å²) in [6.07, 6.45) is 1.48. The second-order valence-corrected chi connectivity index (χ2v) is 6.53. The number of aryl methyl sites for hydroxylation is 1. The predicted octanol–water partition coefficient (Wildman–Crippen LogP) is 3.78. The zero-order valence-corrected chi connectivity index (χ0v) is 16.2. The van der Waals surface area contributed by atoms with Crippen LogP contribution >= 0.6 is 0 Å². The van der Waals surface area contributed by atoms with E-state index in [2.05, 4.69) is 20.8 Å². The Morgan fingerprint density at radius 1 is 0.967 bits per heavy atom. The number of tetrazole rings is 1. The molecule has 1 heterocycles. The first-order chi connectivity index (χ1) is 14.7. The molecule has 0 saturated heterocycles. The molecule has 0 fully saturated rings. The van der Waals surface area contributed by atoms with E-state index in [1.165, 1.54) is 16.6 Å². The fourth-order valence-corrected chi connectivity index (χ4v) is 2.70. The fourth-order valence-electron chi connectivity index (χ4n) is 2.70. The smallest absolute Gasteiger partial charge is 0.262 e. The number of carbonyl (C=O) groups excluding carboxylic acids is 1. The van der Waals surface area contributed by atoms with Gasteiger partial charge in [-0.25, -0.2) is 4.68 Å². The Labute approximate surface area is 173 Å². The third-order valence-corrected chi connectivity index (χ3v) is 4.19. The van der Waals surface area contributed by atoms with Crippen LogP contribution in [0.15, 0.2) is 79.1 Å². The summed E-state index contributed by atoms with van der Waals surface area (Å²) in [5.74, 6) is 1.75. The van der Waals surface area contributed by atoms with Crippen molar-refractivity contribution in [3.63, 3.8) is 0 Å². The van der Waals surface area contributed by atoms with Crippen LogP contribution < -0.4 is 14.8 Å². The van der Waals surface area contributed by atoms with Crippen molar-refractivity contribution in [1.82, 2.24) is 20.2 Å². The molecule has 30 heavy (non-hydrogen) atoms. The summed E-state index contributed by atoms with van der Waals surface area (Å²) in [4.78, 5) is 12.2. The fraction of sp³-hybridized carbons (Fsp3) is 0.0909. The largest absolute Gasteiger partial charge is 0.484 e. The monoisotopic (exact) mass is 401 g/mol. The maximum absolute atomic E-state index is 12.2. The molecule has 0 aliphatic carbocycles. The number of ether oxygens (including phenoxy) is 2. The van der Waals surface area contributed by atoms with Crippen molar-refractivity contribution >= 4 is 11.6 Å². The Kier molecular flexibility index (Phi) is 5.66. The lowest BCUT2D eigenvalue weighted by Gasteiger charge is -2.10. The molecule has 1 amide bonds. The van der Waals surface area contributed by atoms with Crippen molar-refractivity contribution in [3.8, 4) is 22.9 Å². The lowest BCUT2D eigenvalue weighted by molar-refractivity contribution is -0.118. The number of nitrogens with zero attached hydrogens (tertiary/aromatic N) is 4. The number of anilines is 1. The van der Waals surface area contributed by atoms with Gasteiger partial charge in [-0.1, -0.05) is 23.8 Å². The zero-order valence-electron chi connectivity index (χ0n) is 16.2. The van der Waals surface area contributed by atoms with Gasteiger partial charge in [0.05, 0.1) is 5.69 Å². The Bertz CT molecular complexity index is 1110. The van der Waals surface area contributed by atoms with Crippen LogP contribution in [0.25, 0.3) is 5.69 Å². The van der Waals surface area contributed by atoms with Crippen LogP contribution in [-0.2, 0) is 4.79 Å². The lowest BCUT2D eigenvalue weighted by atomic mass is 10.2. The minimum Gasteiger partial charge on any atom is -0.484 e. The predicted molar refractivity (Wildman–Crippen MR) is 111 cm³/mol. The highest BCUT2D eigenvalue weighted by Crippen LogP contribution is 2.24. The van der Waals surface area contributed by atoms with Crippen LogP contribution in [0.2, 0.25) is 0 Å². The van der Waals surface area contributed by atoms with Crippen molar-refractivity contribution in [2.24, 2.45) is 0 Å². The summed E-state index contributed by atoms with van der Waals surface area (Å²) in [7, 11) is 0. The highest BCUT2D eigenvalue weighted by Gasteiger charge is 2.06. The highest BCUT2D eigenvalue weighted by molar-refractivity contribution is 5.92. The highest BCUT2D eigenvalue weighted by atomic mass is 16.5. The molecule has 0 aliphatic rings. The molecule has 8 heteroatoms. The van der Waals surface area contributed by atoms with E-state index in [-0.39, 0.29) is 12.5 Å². The number of nitrogens with one attached hydrogen (secondary N) is 1. The van der Waals surface area contributed by atoms with Crippen LogP contribution in [0.4, 0.5) is 5.69 Å². The molecule has 1 N–H and O–H groups in total. The van der Waals surface area contributed by atoms with Gasteiger partial charge in [-0.05, 0) is 71.9 Å². The van der Waals surface area contributed by atoms with Gasteiger partial charge in [0.2, 0.25) is 0 Å². The summed E-state index contributed by atoms with van der Waals surface area (Å²) < 4.78 is 12.8. The van der Waals surface area contributed by atoms with Crippen LogP contribution in [-0.4, -0.2) is 32.7 Å². The first kappa shape index (κ1) is 19.1. The molecule has 1 aromatic heterocycles. The minimum absolute atomic E-state index is 0.118. The number of hydrogen-bond acceptors (Lipinski definition) is 6. The number of benzene rings is 3. The van der Waals surface area contributed by atoms with Crippen LogP contribution in [0, 0.1) is 6.92 Å². The molecule has 0 saturated carbocycles. The second kappa shape index (κ2) is 8.87. The van der Waals surface area contributed by atoms with E-state index in [1.54, 1.807) is 42.5 Å². The molecule has 3 aromatic carbocycles. The summed E-state index contributed by atoms with van der Waals surface area (Å²) >= 11 is 0. The number of aromatic nitrogens is 4. The molecule has 0 spiro atoms. The Morgan fingerprint density at radius 3 is 2.37 bits per heavy atom. The van der Waals surface area contributed by atoms with Gasteiger partial charge in [-0.2, -0.15) is 0 Å². The Hall–Kier alpha value is -4.20. The van der Waals surface area contributed by atoms with E-state index in [0.717, 1.165) is 11.4 Å². The Balaban J connectivity index is 1.30. The molecular formula is C22H19N5O3. The normalized spacial score (nSPS) is 10.4. The third kappa shape index (κ3) is 4.99. The molecule has 4 aromatic rings. The molecule has 0 unspecified atom stereocenters. The maximum Gasteiger partial charge on any atom is 0.262 e. The summed E-state index contributed by atoms with van der Waals surface area (Å²) in [6.45, 7) is 1.91. The number of rotatable bonds is 7. The van der Waals surface area contributed by atoms with Crippen molar-refractivity contribution in [2.45, 2.75) is 6.92 Å². The molecular weight excluding hydrogens is 382 g/mol. The van der Waals surface area contributed by atoms with Gasteiger partial charge in [-0.3, -0.25) is 4.79 Å². The third-order valence-electron chi connectivity index (χ3n) is 4.19.